The summed E-state index contributed by atoms with van der Waals surface area (Å²) >= 11 is 5.90. The molecule has 1 aliphatic heterocycles. The Morgan fingerprint density at radius 3 is 2.43 bits per heavy atom. The van der Waals surface area contributed by atoms with Crippen LogP contribution in [-0.2, 0) is 10.0 Å². The molecule has 2 atom stereocenters. The van der Waals surface area contributed by atoms with E-state index >= 15 is 0 Å². The summed E-state index contributed by atoms with van der Waals surface area (Å²) in [7, 11) is -3.58. The zero-order chi connectivity index (χ0) is 16.7. The molecule has 1 N–H and O–H groups in total. The van der Waals surface area contributed by atoms with Gasteiger partial charge in [0.15, 0.2) is 0 Å². The summed E-state index contributed by atoms with van der Waals surface area (Å²) in [5, 5.41) is 10.3. The molecule has 0 aromatic heterocycles. The van der Waals surface area contributed by atoms with Crippen LogP contribution in [0.15, 0.2) is 29.2 Å². The third-order valence-corrected chi connectivity index (χ3v) is 7.68. The standard InChI is InChI=1S/C17H24ClNO3S/c1-2-14-4-3-5-16(17(12-20)10-11-17)19(14)23(21,22)15-8-6-13(18)7-9-15/h6-9,14,16,20H,2-5,10-12H2,1H3/t14-,16-/m0/s1. The number of piperidine rings is 1. The molecule has 1 aliphatic carbocycles. The summed E-state index contributed by atoms with van der Waals surface area (Å²) in [4.78, 5) is 0.293. The van der Waals surface area contributed by atoms with E-state index in [1.165, 1.54) is 0 Å². The molecule has 0 amide bonds. The Balaban J connectivity index is 2.01. The van der Waals surface area contributed by atoms with Gasteiger partial charge in [-0.05, 0) is 56.4 Å². The Hall–Kier alpha value is -0.620. The summed E-state index contributed by atoms with van der Waals surface area (Å²) in [6.45, 7) is 2.11. The largest absolute Gasteiger partial charge is 0.396 e. The smallest absolute Gasteiger partial charge is 0.243 e. The first kappa shape index (κ1) is 17.2. The fraction of sp³-hybridized carbons (Fsp3) is 0.647. The number of nitrogens with zero attached hydrogens (tertiary/aromatic N) is 1. The fourth-order valence-electron chi connectivity index (χ4n) is 3.87. The third-order valence-electron chi connectivity index (χ3n) is 5.46. The molecule has 1 saturated carbocycles. The first-order chi connectivity index (χ1) is 10.9. The lowest BCUT2D eigenvalue weighted by molar-refractivity contribution is 0.0752. The van der Waals surface area contributed by atoms with E-state index in [1.807, 2.05) is 6.92 Å². The van der Waals surface area contributed by atoms with Gasteiger partial charge in [0.2, 0.25) is 10.0 Å². The number of rotatable bonds is 5. The SMILES string of the molecule is CC[C@H]1CCC[C@@H](C2(CO)CC2)N1S(=O)(=O)c1ccc(Cl)cc1. The minimum atomic E-state index is -3.58. The molecule has 0 spiro atoms. The molecular formula is C17H24ClNO3S. The lowest BCUT2D eigenvalue weighted by atomic mass is 9.86. The second kappa shape index (κ2) is 6.36. The first-order valence-electron chi connectivity index (χ1n) is 8.34. The van der Waals surface area contributed by atoms with E-state index in [-0.39, 0.29) is 24.1 Å². The van der Waals surface area contributed by atoms with E-state index in [9.17, 15) is 13.5 Å². The van der Waals surface area contributed by atoms with Crippen LogP contribution in [0.4, 0.5) is 0 Å². The molecule has 23 heavy (non-hydrogen) atoms. The number of aliphatic hydroxyl groups excluding tert-OH is 1. The van der Waals surface area contributed by atoms with Gasteiger partial charge in [0, 0.05) is 22.5 Å². The fourth-order valence-corrected chi connectivity index (χ4v) is 6.03. The lowest BCUT2D eigenvalue weighted by Gasteiger charge is -2.44. The molecule has 0 bridgehead atoms. The first-order valence-corrected chi connectivity index (χ1v) is 10.2. The number of hydrogen-bond acceptors (Lipinski definition) is 3. The number of halogens is 1. The van der Waals surface area contributed by atoms with Crippen LogP contribution in [0.1, 0.15) is 45.4 Å². The van der Waals surface area contributed by atoms with Crippen LogP contribution in [0, 0.1) is 5.41 Å². The molecule has 0 radical (unpaired) electrons. The third kappa shape index (κ3) is 3.04. The quantitative estimate of drug-likeness (QED) is 0.878. The maximum absolute atomic E-state index is 13.3. The molecule has 128 valence electrons. The summed E-state index contributed by atoms with van der Waals surface area (Å²) < 4.78 is 28.3. The summed E-state index contributed by atoms with van der Waals surface area (Å²) in [6, 6.07) is 6.31. The molecule has 2 aliphatic rings. The molecule has 6 heteroatoms. The van der Waals surface area contributed by atoms with Crippen LogP contribution in [0.3, 0.4) is 0 Å². The average Bonchev–Trinajstić information content (AvgIpc) is 3.35. The van der Waals surface area contributed by atoms with Crippen LogP contribution in [-0.4, -0.2) is 36.5 Å². The van der Waals surface area contributed by atoms with Gasteiger partial charge in [0.05, 0.1) is 11.5 Å². The lowest BCUT2D eigenvalue weighted by Crippen LogP contribution is -2.54. The van der Waals surface area contributed by atoms with Gasteiger partial charge in [-0.2, -0.15) is 4.31 Å². The van der Waals surface area contributed by atoms with E-state index in [4.69, 9.17) is 11.6 Å². The van der Waals surface area contributed by atoms with Gasteiger partial charge in [0.1, 0.15) is 0 Å². The van der Waals surface area contributed by atoms with Crippen molar-refractivity contribution in [3.63, 3.8) is 0 Å². The number of sulfonamides is 1. The maximum Gasteiger partial charge on any atom is 0.243 e. The molecule has 1 heterocycles. The van der Waals surface area contributed by atoms with E-state index in [1.54, 1.807) is 28.6 Å². The number of benzene rings is 1. The van der Waals surface area contributed by atoms with Gasteiger partial charge in [-0.25, -0.2) is 8.42 Å². The second-order valence-electron chi connectivity index (χ2n) is 6.82. The van der Waals surface area contributed by atoms with Crippen molar-refractivity contribution in [1.82, 2.24) is 4.31 Å². The molecule has 1 aromatic carbocycles. The number of hydrogen-bond donors (Lipinski definition) is 1. The topological polar surface area (TPSA) is 57.6 Å². The Morgan fingerprint density at radius 1 is 1.26 bits per heavy atom. The van der Waals surface area contributed by atoms with Crippen molar-refractivity contribution in [1.29, 1.82) is 0 Å². The minimum Gasteiger partial charge on any atom is -0.396 e. The zero-order valence-electron chi connectivity index (χ0n) is 13.4. The van der Waals surface area contributed by atoms with Crippen molar-refractivity contribution >= 4 is 21.6 Å². The van der Waals surface area contributed by atoms with Gasteiger partial charge in [-0.1, -0.05) is 24.9 Å². The highest BCUT2D eigenvalue weighted by atomic mass is 35.5. The highest BCUT2D eigenvalue weighted by molar-refractivity contribution is 7.89. The van der Waals surface area contributed by atoms with Crippen LogP contribution in [0.5, 0.6) is 0 Å². The van der Waals surface area contributed by atoms with Gasteiger partial charge < -0.3 is 5.11 Å². The molecular weight excluding hydrogens is 334 g/mol. The summed E-state index contributed by atoms with van der Waals surface area (Å²) in [5.74, 6) is 0. The molecule has 2 fully saturated rings. The minimum absolute atomic E-state index is 0.0125. The molecule has 4 nitrogen and oxygen atoms in total. The molecule has 1 saturated heterocycles. The predicted molar refractivity (Wildman–Crippen MR) is 90.9 cm³/mol. The van der Waals surface area contributed by atoms with Crippen molar-refractivity contribution in [2.75, 3.05) is 6.61 Å². The average molecular weight is 358 g/mol. The van der Waals surface area contributed by atoms with Crippen LogP contribution in [0.25, 0.3) is 0 Å². The van der Waals surface area contributed by atoms with E-state index in [0.717, 1.165) is 38.5 Å². The van der Waals surface area contributed by atoms with E-state index < -0.39 is 10.0 Å². The van der Waals surface area contributed by atoms with Crippen LogP contribution >= 0.6 is 11.6 Å². The van der Waals surface area contributed by atoms with Gasteiger partial charge in [-0.3, -0.25) is 0 Å². The highest BCUT2D eigenvalue weighted by Crippen LogP contribution is 2.54. The van der Waals surface area contributed by atoms with E-state index in [2.05, 4.69) is 0 Å². The van der Waals surface area contributed by atoms with Gasteiger partial charge >= 0.3 is 0 Å². The second-order valence-corrected chi connectivity index (χ2v) is 9.10. The molecule has 1 aromatic rings. The normalized spacial score (nSPS) is 27.8. The number of aliphatic hydroxyl groups is 1. The van der Waals surface area contributed by atoms with Crippen molar-refractivity contribution < 1.29 is 13.5 Å². The summed E-state index contributed by atoms with van der Waals surface area (Å²) in [6.07, 6.45) is 5.38. The van der Waals surface area contributed by atoms with Crippen LogP contribution in [0.2, 0.25) is 5.02 Å². The van der Waals surface area contributed by atoms with Crippen molar-refractivity contribution in [3.8, 4) is 0 Å². The van der Waals surface area contributed by atoms with E-state index in [0.29, 0.717) is 9.92 Å². The van der Waals surface area contributed by atoms with Crippen molar-refractivity contribution in [2.45, 2.75) is 62.4 Å². The van der Waals surface area contributed by atoms with Crippen molar-refractivity contribution in [2.24, 2.45) is 5.41 Å². The Labute approximate surface area is 143 Å². The van der Waals surface area contributed by atoms with Gasteiger partial charge in [0.25, 0.3) is 0 Å². The highest BCUT2D eigenvalue weighted by Gasteiger charge is 2.55. The Bertz CT molecular complexity index is 655. The molecule has 3 rings (SSSR count). The monoisotopic (exact) mass is 357 g/mol. The predicted octanol–water partition coefficient (Wildman–Crippen LogP) is 3.43. The van der Waals surface area contributed by atoms with Crippen LogP contribution < -0.4 is 0 Å². The summed E-state index contributed by atoms with van der Waals surface area (Å²) in [5.41, 5.74) is -0.229. The Kier molecular flexibility index (Phi) is 4.76. The maximum atomic E-state index is 13.3. The van der Waals surface area contributed by atoms with Gasteiger partial charge in [-0.15, -0.1) is 0 Å². The molecule has 0 unspecified atom stereocenters. The Morgan fingerprint density at radius 2 is 1.91 bits per heavy atom. The van der Waals surface area contributed by atoms with Crippen molar-refractivity contribution in [3.05, 3.63) is 29.3 Å². The zero-order valence-corrected chi connectivity index (χ0v) is 15.0.